The van der Waals surface area contributed by atoms with Crippen molar-refractivity contribution in [3.63, 3.8) is 0 Å². The van der Waals surface area contributed by atoms with Gasteiger partial charge in [-0.25, -0.2) is 9.99 Å². The van der Waals surface area contributed by atoms with Crippen LogP contribution in [0.2, 0.25) is 10.2 Å². The molecule has 1 aromatic carbocycles. The Labute approximate surface area is 150 Å². The largest absolute Gasteiger partial charge is 0.343 e. The number of nitrogens with one attached hydrogen (secondary N) is 1. The molecule has 5 nitrogen and oxygen atoms in total. The fraction of sp³-hybridized carbons (Fsp3) is 0.353. The Morgan fingerprint density at radius 1 is 1.33 bits per heavy atom. The minimum atomic E-state index is -0.261. The summed E-state index contributed by atoms with van der Waals surface area (Å²) >= 11 is 12.2. The number of rotatable bonds is 6. The quantitative estimate of drug-likeness (QED) is 0.773. The van der Waals surface area contributed by atoms with Crippen LogP contribution < -0.4 is 0 Å². The molecule has 1 unspecified atom stereocenters. The number of carbonyl (C=O) groups excluding carboxylic acids is 1. The normalized spacial score (nSPS) is 17.2. The summed E-state index contributed by atoms with van der Waals surface area (Å²) in [5.74, 6) is 0.850. The Hall–Kier alpha value is -1.85. The highest BCUT2D eigenvalue weighted by Crippen LogP contribution is 2.34. The third-order valence-electron chi connectivity index (χ3n) is 4.06. The number of H-pyrrole nitrogens is 1. The standard InChI is InChI=1S/C17H18Cl2N4O/c1-2-3-4-15-20-16(17(19)21-15)14-9-13(22-23(14)10-24)11-5-7-12(18)8-6-11/h5-8,10,14H,2-4,9H2,1H3,(H,20,21). The summed E-state index contributed by atoms with van der Waals surface area (Å²) in [5, 5.41) is 6.88. The van der Waals surface area contributed by atoms with Crippen LogP contribution in [0.4, 0.5) is 0 Å². The predicted octanol–water partition coefficient (Wildman–Crippen LogP) is 4.37. The first-order valence-corrected chi connectivity index (χ1v) is 8.69. The van der Waals surface area contributed by atoms with Crippen LogP contribution in [-0.4, -0.2) is 27.1 Å². The Morgan fingerprint density at radius 3 is 2.75 bits per heavy atom. The molecule has 0 fully saturated rings. The van der Waals surface area contributed by atoms with E-state index in [2.05, 4.69) is 22.0 Å². The number of aromatic nitrogens is 2. The molecule has 1 aromatic heterocycles. The number of hydrogen-bond acceptors (Lipinski definition) is 3. The molecule has 2 aromatic rings. The molecular weight excluding hydrogens is 347 g/mol. The van der Waals surface area contributed by atoms with Crippen molar-refractivity contribution < 1.29 is 4.79 Å². The molecule has 0 saturated heterocycles. The summed E-state index contributed by atoms with van der Waals surface area (Å²) in [5.41, 5.74) is 2.50. The van der Waals surface area contributed by atoms with Crippen molar-refractivity contribution in [1.29, 1.82) is 0 Å². The first-order chi connectivity index (χ1) is 11.6. The molecule has 7 heteroatoms. The fourth-order valence-corrected chi connectivity index (χ4v) is 3.17. The molecule has 1 aliphatic rings. The van der Waals surface area contributed by atoms with Gasteiger partial charge in [-0.2, -0.15) is 5.10 Å². The molecule has 1 N–H and O–H groups in total. The highest BCUT2D eigenvalue weighted by atomic mass is 35.5. The number of unbranched alkanes of at least 4 members (excludes halogenated alkanes) is 1. The summed E-state index contributed by atoms with van der Waals surface area (Å²) < 4.78 is 0. The van der Waals surface area contributed by atoms with Gasteiger partial charge in [-0.15, -0.1) is 0 Å². The van der Waals surface area contributed by atoms with Gasteiger partial charge < -0.3 is 4.98 Å². The third-order valence-corrected chi connectivity index (χ3v) is 4.60. The second-order valence-electron chi connectivity index (χ2n) is 5.75. The highest BCUT2D eigenvalue weighted by molar-refractivity contribution is 6.30. The summed E-state index contributed by atoms with van der Waals surface area (Å²) in [6, 6.07) is 7.15. The van der Waals surface area contributed by atoms with Gasteiger partial charge >= 0.3 is 0 Å². The lowest BCUT2D eigenvalue weighted by molar-refractivity contribution is -0.119. The molecule has 0 aliphatic carbocycles. The van der Waals surface area contributed by atoms with E-state index < -0.39 is 0 Å². The molecule has 1 aliphatic heterocycles. The predicted molar refractivity (Wildman–Crippen MR) is 95.5 cm³/mol. The van der Waals surface area contributed by atoms with Gasteiger partial charge in [-0.05, 0) is 24.1 Å². The number of hydrogen-bond donors (Lipinski definition) is 1. The monoisotopic (exact) mass is 364 g/mol. The van der Waals surface area contributed by atoms with Gasteiger partial charge in [0.2, 0.25) is 6.41 Å². The number of carbonyl (C=O) groups is 1. The van der Waals surface area contributed by atoms with Crippen molar-refractivity contribution in [3.8, 4) is 0 Å². The van der Waals surface area contributed by atoms with Crippen LogP contribution in [-0.2, 0) is 11.2 Å². The van der Waals surface area contributed by atoms with Gasteiger partial charge in [-0.1, -0.05) is 48.7 Å². The summed E-state index contributed by atoms with van der Waals surface area (Å²) in [6.07, 6.45) is 4.26. The van der Waals surface area contributed by atoms with Gasteiger partial charge in [-0.3, -0.25) is 4.79 Å². The van der Waals surface area contributed by atoms with Gasteiger partial charge in [0.15, 0.2) is 5.15 Å². The molecule has 24 heavy (non-hydrogen) atoms. The van der Waals surface area contributed by atoms with Gasteiger partial charge in [0, 0.05) is 17.9 Å². The number of amides is 1. The number of aromatic amines is 1. The second kappa shape index (κ2) is 7.36. The van der Waals surface area contributed by atoms with Crippen molar-refractivity contribution in [2.45, 2.75) is 38.6 Å². The molecule has 0 bridgehead atoms. The summed E-state index contributed by atoms with van der Waals surface area (Å²) in [4.78, 5) is 19.1. The van der Waals surface area contributed by atoms with Crippen molar-refractivity contribution >= 4 is 35.3 Å². The SMILES string of the molecule is CCCCc1nc(Cl)c(C2CC(c3ccc(Cl)cc3)=NN2C=O)[nH]1. The van der Waals surface area contributed by atoms with Crippen LogP contribution in [0.3, 0.4) is 0 Å². The second-order valence-corrected chi connectivity index (χ2v) is 6.54. The van der Waals surface area contributed by atoms with E-state index in [1.165, 1.54) is 5.01 Å². The van der Waals surface area contributed by atoms with Crippen LogP contribution in [0, 0.1) is 0 Å². The van der Waals surface area contributed by atoms with Gasteiger partial charge in [0.05, 0.1) is 11.4 Å². The Kier molecular flexibility index (Phi) is 5.21. The maximum Gasteiger partial charge on any atom is 0.230 e. The fourth-order valence-electron chi connectivity index (χ4n) is 2.77. The molecule has 1 atom stereocenters. The highest BCUT2D eigenvalue weighted by Gasteiger charge is 2.32. The zero-order valence-corrected chi connectivity index (χ0v) is 14.8. The molecular formula is C17H18Cl2N4O. The minimum absolute atomic E-state index is 0.261. The van der Waals surface area contributed by atoms with E-state index in [4.69, 9.17) is 23.2 Å². The zero-order chi connectivity index (χ0) is 17.1. The maximum atomic E-state index is 11.4. The number of halogens is 2. The van der Waals surface area contributed by atoms with E-state index in [1.54, 1.807) is 0 Å². The van der Waals surface area contributed by atoms with Crippen LogP contribution in [0.25, 0.3) is 0 Å². The van der Waals surface area contributed by atoms with Crippen molar-refractivity contribution in [2.24, 2.45) is 5.10 Å². The minimum Gasteiger partial charge on any atom is -0.343 e. The molecule has 3 rings (SSSR count). The molecule has 126 valence electrons. The van der Waals surface area contributed by atoms with E-state index in [9.17, 15) is 4.79 Å². The number of aryl methyl sites for hydroxylation is 1. The first kappa shape index (κ1) is 17.0. The molecule has 0 radical (unpaired) electrons. The van der Waals surface area contributed by atoms with Crippen molar-refractivity contribution in [2.75, 3.05) is 0 Å². The number of benzene rings is 1. The van der Waals surface area contributed by atoms with Gasteiger partial charge in [0.1, 0.15) is 11.9 Å². The van der Waals surface area contributed by atoms with E-state index >= 15 is 0 Å². The van der Waals surface area contributed by atoms with Crippen LogP contribution in [0.1, 0.15) is 49.3 Å². The van der Waals surface area contributed by atoms with E-state index in [1.807, 2.05) is 24.3 Å². The van der Waals surface area contributed by atoms with E-state index in [-0.39, 0.29) is 6.04 Å². The number of imidazole rings is 1. The lowest BCUT2D eigenvalue weighted by Crippen LogP contribution is -2.18. The molecule has 2 heterocycles. The lowest BCUT2D eigenvalue weighted by Gasteiger charge is -2.15. The zero-order valence-electron chi connectivity index (χ0n) is 13.3. The first-order valence-electron chi connectivity index (χ1n) is 7.93. The van der Waals surface area contributed by atoms with Crippen molar-refractivity contribution in [3.05, 3.63) is 51.5 Å². The Balaban J connectivity index is 1.83. The van der Waals surface area contributed by atoms with Crippen molar-refractivity contribution in [1.82, 2.24) is 15.0 Å². The van der Waals surface area contributed by atoms with Crippen LogP contribution in [0.15, 0.2) is 29.4 Å². The Bertz CT molecular complexity index is 754. The third kappa shape index (κ3) is 3.47. The van der Waals surface area contributed by atoms with Crippen LogP contribution >= 0.6 is 23.2 Å². The summed E-state index contributed by atoms with van der Waals surface area (Å²) in [6.45, 7) is 2.13. The number of nitrogens with zero attached hydrogens (tertiary/aromatic N) is 3. The molecule has 1 amide bonds. The van der Waals surface area contributed by atoms with Gasteiger partial charge in [0.25, 0.3) is 0 Å². The Morgan fingerprint density at radius 2 is 2.08 bits per heavy atom. The lowest BCUT2D eigenvalue weighted by atomic mass is 10.0. The van der Waals surface area contributed by atoms with E-state index in [0.29, 0.717) is 16.6 Å². The van der Waals surface area contributed by atoms with E-state index in [0.717, 1.165) is 48.5 Å². The molecule has 0 spiro atoms. The molecule has 0 saturated carbocycles. The van der Waals surface area contributed by atoms with Crippen LogP contribution in [0.5, 0.6) is 0 Å². The average molecular weight is 365 g/mol. The topological polar surface area (TPSA) is 61.4 Å². The average Bonchev–Trinajstić information content (AvgIpc) is 3.16. The number of hydrazone groups is 1. The smallest absolute Gasteiger partial charge is 0.230 e. The summed E-state index contributed by atoms with van der Waals surface area (Å²) in [7, 11) is 0. The maximum absolute atomic E-state index is 11.4.